The molecule has 0 aromatic carbocycles. The molecule has 1 fully saturated rings. The first-order valence-electron chi connectivity index (χ1n) is 6.01. The Morgan fingerprint density at radius 1 is 1.50 bits per heavy atom. The van der Waals surface area contributed by atoms with E-state index in [9.17, 15) is 0 Å². The zero-order valence-corrected chi connectivity index (χ0v) is 10.6. The number of hydrogen-bond donors (Lipinski definition) is 0. The third kappa shape index (κ3) is 2.62. The third-order valence-electron chi connectivity index (χ3n) is 3.54. The number of likely N-dealkylation sites (N-methyl/N-ethyl adjacent to an activating group) is 2. The van der Waals surface area contributed by atoms with Gasteiger partial charge in [-0.1, -0.05) is 0 Å². The third-order valence-corrected chi connectivity index (χ3v) is 3.54. The van der Waals surface area contributed by atoms with E-state index in [4.69, 9.17) is 0 Å². The minimum atomic E-state index is 0.734. The largest absolute Gasteiger partial charge is 0.337 e. The van der Waals surface area contributed by atoms with E-state index < -0.39 is 0 Å². The Morgan fingerprint density at radius 3 is 2.88 bits per heavy atom. The minimum Gasteiger partial charge on any atom is -0.337 e. The molecule has 0 amide bonds. The predicted octanol–water partition coefficient (Wildman–Crippen LogP) is 0.946. The van der Waals surface area contributed by atoms with Gasteiger partial charge in [-0.25, -0.2) is 4.98 Å². The first-order chi connectivity index (χ1) is 7.66. The number of rotatable bonds is 4. The lowest BCUT2D eigenvalue weighted by molar-refractivity contribution is 0.213. The second-order valence-electron chi connectivity index (χ2n) is 4.97. The van der Waals surface area contributed by atoms with Gasteiger partial charge in [0, 0.05) is 32.4 Å². The first kappa shape index (κ1) is 11.6. The van der Waals surface area contributed by atoms with Crippen molar-refractivity contribution in [2.75, 3.05) is 27.2 Å². The molecule has 1 aromatic rings. The molecule has 1 unspecified atom stereocenters. The van der Waals surface area contributed by atoms with Crippen LogP contribution in [0.4, 0.5) is 0 Å². The summed E-state index contributed by atoms with van der Waals surface area (Å²) in [4.78, 5) is 9.01. The highest BCUT2D eigenvalue weighted by Gasteiger charge is 2.22. The summed E-state index contributed by atoms with van der Waals surface area (Å²) in [5.41, 5.74) is 1.28. The molecule has 0 aliphatic carbocycles. The molecular formula is C12H22N4. The minimum absolute atomic E-state index is 0.734. The van der Waals surface area contributed by atoms with E-state index in [1.807, 2.05) is 12.5 Å². The van der Waals surface area contributed by atoms with Crippen LogP contribution in [-0.2, 0) is 13.6 Å². The Labute approximate surface area is 97.9 Å². The maximum absolute atomic E-state index is 4.15. The number of imidazole rings is 1. The van der Waals surface area contributed by atoms with Crippen LogP contribution >= 0.6 is 0 Å². The van der Waals surface area contributed by atoms with Crippen LogP contribution in [0.5, 0.6) is 0 Å². The lowest BCUT2D eigenvalue weighted by atomic mass is 10.2. The molecule has 2 rings (SSSR count). The molecule has 4 heteroatoms. The molecular weight excluding hydrogens is 200 g/mol. The zero-order chi connectivity index (χ0) is 11.5. The van der Waals surface area contributed by atoms with Gasteiger partial charge in [0.2, 0.25) is 0 Å². The maximum Gasteiger partial charge on any atom is 0.0945 e. The topological polar surface area (TPSA) is 24.3 Å². The first-order valence-corrected chi connectivity index (χ1v) is 6.01. The van der Waals surface area contributed by atoms with Gasteiger partial charge >= 0.3 is 0 Å². The van der Waals surface area contributed by atoms with Crippen molar-refractivity contribution in [1.29, 1.82) is 0 Å². The molecule has 2 heterocycles. The summed E-state index contributed by atoms with van der Waals surface area (Å²) in [6.45, 7) is 3.40. The SMILES string of the molecule is CN(Cc1cncn1C)CC1CCCN1C. The standard InChI is InChI=1S/C12H22N4/c1-14(8-11-5-4-6-15(11)2)9-12-7-13-10-16(12)3/h7,10-11H,4-6,8-9H2,1-3H3. The molecule has 1 aromatic heterocycles. The average molecular weight is 222 g/mol. The summed E-state index contributed by atoms with van der Waals surface area (Å²) < 4.78 is 2.09. The van der Waals surface area contributed by atoms with Crippen molar-refractivity contribution in [3.05, 3.63) is 18.2 Å². The van der Waals surface area contributed by atoms with Crippen LogP contribution in [-0.4, -0.2) is 52.6 Å². The average Bonchev–Trinajstić information content (AvgIpc) is 2.79. The lowest BCUT2D eigenvalue weighted by Gasteiger charge is -2.25. The van der Waals surface area contributed by atoms with Gasteiger partial charge in [0.1, 0.15) is 0 Å². The Kier molecular flexibility index (Phi) is 3.61. The van der Waals surface area contributed by atoms with Crippen molar-refractivity contribution in [2.24, 2.45) is 7.05 Å². The fraction of sp³-hybridized carbons (Fsp3) is 0.750. The van der Waals surface area contributed by atoms with Gasteiger partial charge in [0.25, 0.3) is 0 Å². The van der Waals surface area contributed by atoms with Gasteiger partial charge in [0.15, 0.2) is 0 Å². The quantitative estimate of drug-likeness (QED) is 0.758. The summed E-state index contributed by atoms with van der Waals surface area (Å²) in [5, 5.41) is 0. The fourth-order valence-corrected chi connectivity index (χ4v) is 2.45. The molecule has 1 saturated heterocycles. The predicted molar refractivity (Wildman–Crippen MR) is 65.2 cm³/mol. The van der Waals surface area contributed by atoms with Crippen LogP contribution in [0.25, 0.3) is 0 Å². The molecule has 1 aliphatic rings. The lowest BCUT2D eigenvalue weighted by Crippen LogP contribution is -2.36. The molecule has 0 N–H and O–H groups in total. The summed E-state index contributed by atoms with van der Waals surface area (Å²) >= 11 is 0. The van der Waals surface area contributed by atoms with Crippen LogP contribution in [0.15, 0.2) is 12.5 Å². The second kappa shape index (κ2) is 4.97. The van der Waals surface area contributed by atoms with E-state index in [0.29, 0.717) is 0 Å². The van der Waals surface area contributed by atoms with Crippen LogP contribution in [0.1, 0.15) is 18.5 Å². The maximum atomic E-state index is 4.15. The van der Waals surface area contributed by atoms with Crippen molar-refractivity contribution in [3.8, 4) is 0 Å². The Balaban J connectivity index is 1.84. The highest BCUT2D eigenvalue weighted by Crippen LogP contribution is 2.16. The van der Waals surface area contributed by atoms with Gasteiger partial charge in [-0.05, 0) is 33.5 Å². The number of nitrogens with zero attached hydrogens (tertiary/aromatic N) is 4. The number of aryl methyl sites for hydroxylation is 1. The highest BCUT2D eigenvalue weighted by molar-refractivity contribution is 4.97. The monoisotopic (exact) mass is 222 g/mol. The van der Waals surface area contributed by atoms with Crippen LogP contribution < -0.4 is 0 Å². The van der Waals surface area contributed by atoms with E-state index in [-0.39, 0.29) is 0 Å². The van der Waals surface area contributed by atoms with E-state index in [1.165, 1.54) is 25.1 Å². The van der Waals surface area contributed by atoms with Gasteiger partial charge in [-0.2, -0.15) is 0 Å². The molecule has 16 heavy (non-hydrogen) atoms. The molecule has 4 nitrogen and oxygen atoms in total. The van der Waals surface area contributed by atoms with Crippen molar-refractivity contribution in [2.45, 2.75) is 25.4 Å². The molecule has 0 saturated carbocycles. The Bertz CT molecular complexity index is 334. The molecule has 0 radical (unpaired) electrons. The van der Waals surface area contributed by atoms with Crippen LogP contribution in [0.2, 0.25) is 0 Å². The summed E-state index contributed by atoms with van der Waals surface area (Å²) in [5.74, 6) is 0. The molecule has 90 valence electrons. The van der Waals surface area contributed by atoms with Gasteiger partial charge in [-0.15, -0.1) is 0 Å². The Morgan fingerprint density at radius 2 is 2.31 bits per heavy atom. The van der Waals surface area contributed by atoms with Crippen LogP contribution in [0.3, 0.4) is 0 Å². The van der Waals surface area contributed by atoms with E-state index in [2.05, 4.69) is 40.5 Å². The second-order valence-corrected chi connectivity index (χ2v) is 4.97. The van der Waals surface area contributed by atoms with Gasteiger partial charge in [0.05, 0.1) is 12.0 Å². The van der Waals surface area contributed by atoms with Gasteiger partial charge in [-0.3, -0.25) is 4.90 Å². The van der Waals surface area contributed by atoms with Crippen LogP contribution in [0, 0.1) is 0 Å². The van der Waals surface area contributed by atoms with Crippen molar-refractivity contribution >= 4 is 0 Å². The summed E-state index contributed by atoms with van der Waals surface area (Å²) in [7, 11) is 6.48. The smallest absolute Gasteiger partial charge is 0.0945 e. The zero-order valence-electron chi connectivity index (χ0n) is 10.6. The number of hydrogen-bond acceptors (Lipinski definition) is 3. The normalized spacial score (nSPS) is 22.1. The number of aromatic nitrogens is 2. The summed E-state index contributed by atoms with van der Waals surface area (Å²) in [6.07, 6.45) is 6.51. The van der Waals surface area contributed by atoms with E-state index in [1.54, 1.807) is 0 Å². The van der Waals surface area contributed by atoms with E-state index in [0.717, 1.165) is 19.1 Å². The summed E-state index contributed by atoms with van der Waals surface area (Å²) in [6, 6.07) is 0.734. The molecule has 0 bridgehead atoms. The van der Waals surface area contributed by atoms with E-state index >= 15 is 0 Å². The molecule has 1 atom stereocenters. The number of likely N-dealkylation sites (tertiary alicyclic amines) is 1. The van der Waals surface area contributed by atoms with Crippen molar-refractivity contribution in [3.63, 3.8) is 0 Å². The fourth-order valence-electron chi connectivity index (χ4n) is 2.45. The Hall–Kier alpha value is -0.870. The highest BCUT2D eigenvalue weighted by atomic mass is 15.2. The van der Waals surface area contributed by atoms with Gasteiger partial charge < -0.3 is 9.47 Å². The molecule has 1 aliphatic heterocycles. The van der Waals surface area contributed by atoms with Crippen molar-refractivity contribution < 1.29 is 0 Å². The van der Waals surface area contributed by atoms with Crippen molar-refractivity contribution in [1.82, 2.24) is 19.4 Å². The molecule has 0 spiro atoms.